The summed E-state index contributed by atoms with van der Waals surface area (Å²) < 4.78 is 6.86. The number of carboxylic acids is 1. The van der Waals surface area contributed by atoms with Gasteiger partial charge in [0.05, 0.1) is 27.8 Å². The van der Waals surface area contributed by atoms with E-state index in [1.807, 2.05) is 31.2 Å². The standard InChI is InChI=1S/C27H20BrN3O4S/c1-2-31-25(32)24(36-27(31)30-22-9-5-8-17(13-22)26(33)34)14-20-12-21(28)10-11-23(20)35-16-19-7-4-3-6-18(19)15-29/h3-14H,2,16H2,1H3,(H,33,34). The van der Waals surface area contributed by atoms with E-state index in [1.165, 1.54) is 23.9 Å². The number of aliphatic imine (C=N–C) groups is 1. The van der Waals surface area contributed by atoms with E-state index in [9.17, 15) is 20.0 Å². The number of nitrogens with zero attached hydrogens (tertiary/aromatic N) is 3. The predicted octanol–water partition coefficient (Wildman–Crippen LogP) is 6.22. The number of aromatic carboxylic acids is 1. The number of thioether (sulfide) groups is 1. The van der Waals surface area contributed by atoms with Crippen LogP contribution in [-0.2, 0) is 11.4 Å². The Morgan fingerprint density at radius 3 is 2.75 bits per heavy atom. The molecule has 0 saturated carbocycles. The van der Waals surface area contributed by atoms with Crippen molar-refractivity contribution in [1.29, 1.82) is 5.26 Å². The maximum atomic E-state index is 13.1. The summed E-state index contributed by atoms with van der Waals surface area (Å²) in [6.07, 6.45) is 1.75. The van der Waals surface area contributed by atoms with Crippen LogP contribution in [-0.4, -0.2) is 33.6 Å². The van der Waals surface area contributed by atoms with Crippen molar-refractivity contribution in [1.82, 2.24) is 4.90 Å². The third kappa shape index (κ3) is 5.67. The third-order valence-corrected chi connectivity index (χ3v) is 6.80. The van der Waals surface area contributed by atoms with Crippen LogP contribution >= 0.6 is 27.7 Å². The molecular weight excluding hydrogens is 542 g/mol. The fourth-order valence-electron chi connectivity index (χ4n) is 3.50. The van der Waals surface area contributed by atoms with Crippen molar-refractivity contribution >= 4 is 56.5 Å². The molecule has 0 bridgehead atoms. The first kappa shape index (κ1) is 25.2. The van der Waals surface area contributed by atoms with E-state index >= 15 is 0 Å². The molecule has 9 heteroatoms. The lowest BCUT2D eigenvalue weighted by atomic mass is 10.1. The number of carboxylic acid groups (broad SMARTS) is 1. The zero-order chi connectivity index (χ0) is 25.7. The molecule has 1 aliphatic rings. The topological polar surface area (TPSA) is 103 Å². The molecule has 1 fully saturated rings. The highest BCUT2D eigenvalue weighted by Crippen LogP contribution is 2.36. The summed E-state index contributed by atoms with van der Waals surface area (Å²) >= 11 is 4.69. The molecule has 4 rings (SSSR count). The highest BCUT2D eigenvalue weighted by molar-refractivity contribution is 9.10. The monoisotopic (exact) mass is 561 g/mol. The number of ether oxygens (including phenoxy) is 1. The van der Waals surface area contributed by atoms with Crippen molar-refractivity contribution in [2.75, 3.05) is 6.54 Å². The fraction of sp³-hybridized carbons (Fsp3) is 0.111. The molecule has 0 aromatic heterocycles. The Balaban J connectivity index is 1.64. The third-order valence-electron chi connectivity index (χ3n) is 5.30. The van der Waals surface area contributed by atoms with Gasteiger partial charge >= 0.3 is 5.97 Å². The van der Waals surface area contributed by atoms with Crippen molar-refractivity contribution in [2.24, 2.45) is 4.99 Å². The van der Waals surface area contributed by atoms with E-state index in [0.29, 0.717) is 39.2 Å². The summed E-state index contributed by atoms with van der Waals surface area (Å²) in [4.78, 5) is 31.0. The van der Waals surface area contributed by atoms with Crippen molar-refractivity contribution in [3.63, 3.8) is 0 Å². The molecular formula is C27H20BrN3O4S. The molecule has 3 aromatic rings. The Morgan fingerprint density at radius 2 is 2.00 bits per heavy atom. The number of amides is 1. The first-order valence-corrected chi connectivity index (χ1v) is 12.5. The average Bonchev–Trinajstić information content (AvgIpc) is 3.17. The van der Waals surface area contributed by atoms with Gasteiger partial charge in [0.15, 0.2) is 5.17 Å². The summed E-state index contributed by atoms with van der Waals surface area (Å²) in [5, 5.41) is 19.1. The number of nitriles is 1. The lowest BCUT2D eigenvalue weighted by molar-refractivity contribution is -0.122. The first-order chi connectivity index (χ1) is 17.4. The van der Waals surface area contributed by atoms with Crippen molar-refractivity contribution in [3.8, 4) is 11.8 Å². The maximum Gasteiger partial charge on any atom is 0.335 e. The zero-order valence-corrected chi connectivity index (χ0v) is 21.5. The van der Waals surface area contributed by atoms with Gasteiger partial charge in [-0.1, -0.05) is 40.2 Å². The summed E-state index contributed by atoms with van der Waals surface area (Å²) in [5.41, 5.74) is 2.58. The molecule has 7 nitrogen and oxygen atoms in total. The Labute approximate surface area is 220 Å². The lowest BCUT2D eigenvalue weighted by Gasteiger charge is -2.12. The molecule has 1 heterocycles. The van der Waals surface area contributed by atoms with Gasteiger partial charge in [0.2, 0.25) is 0 Å². The number of amidine groups is 1. The van der Waals surface area contributed by atoms with Gasteiger partial charge in [0.1, 0.15) is 12.4 Å². The quantitative estimate of drug-likeness (QED) is 0.343. The Morgan fingerprint density at radius 1 is 1.19 bits per heavy atom. The minimum atomic E-state index is -1.04. The van der Waals surface area contributed by atoms with E-state index in [4.69, 9.17) is 4.74 Å². The second-order valence-corrected chi connectivity index (χ2v) is 9.57. The second-order valence-electron chi connectivity index (χ2n) is 7.65. The Kier molecular flexibility index (Phi) is 7.88. The number of hydrogen-bond donors (Lipinski definition) is 1. The van der Waals surface area contributed by atoms with Gasteiger partial charge in [-0.2, -0.15) is 5.26 Å². The van der Waals surface area contributed by atoms with Crippen LogP contribution in [0.5, 0.6) is 5.75 Å². The molecule has 36 heavy (non-hydrogen) atoms. The molecule has 1 saturated heterocycles. The van der Waals surface area contributed by atoms with E-state index in [2.05, 4.69) is 27.0 Å². The van der Waals surface area contributed by atoms with Gasteiger partial charge in [-0.25, -0.2) is 9.79 Å². The van der Waals surface area contributed by atoms with Crippen LogP contribution < -0.4 is 4.74 Å². The number of carbonyl (C=O) groups excluding carboxylic acids is 1. The number of carbonyl (C=O) groups is 2. The van der Waals surface area contributed by atoms with Crippen LogP contribution in [0.25, 0.3) is 6.08 Å². The summed E-state index contributed by atoms with van der Waals surface area (Å²) in [6.45, 7) is 2.47. The smallest absolute Gasteiger partial charge is 0.335 e. The van der Waals surface area contributed by atoms with Gasteiger partial charge in [0, 0.05) is 22.1 Å². The summed E-state index contributed by atoms with van der Waals surface area (Å²) in [5.74, 6) is -0.675. The van der Waals surface area contributed by atoms with Crippen LogP contribution in [0.3, 0.4) is 0 Å². The number of rotatable bonds is 7. The minimum Gasteiger partial charge on any atom is -0.488 e. The highest BCUT2D eigenvalue weighted by atomic mass is 79.9. The first-order valence-electron chi connectivity index (χ1n) is 10.9. The van der Waals surface area contributed by atoms with Gasteiger partial charge in [0.25, 0.3) is 5.91 Å². The SMILES string of the molecule is CCN1C(=O)C(=Cc2cc(Br)ccc2OCc2ccccc2C#N)SC1=Nc1cccc(C(=O)O)c1. The molecule has 0 unspecified atom stereocenters. The Bertz CT molecular complexity index is 1440. The number of likely N-dealkylation sites (N-methyl/N-ethyl adjacent to an activating group) is 1. The van der Waals surface area contributed by atoms with Gasteiger partial charge in [-0.05, 0) is 67.2 Å². The number of benzene rings is 3. The maximum absolute atomic E-state index is 13.1. The predicted molar refractivity (Wildman–Crippen MR) is 143 cm³/mol. The van der Waals surface area contributed by atoms with Crippen LogP contribution in [0.15, 0.2) is 81.1 Å². The minimum absolute atomic E-state index is 0.124. The zero-order valence-electron chi connectivity index (χ0n) is 19.1. The molecule has 0 radical (unpaired) electrons. The van der Waals surface area contributed by atoms with Gasteiger partial charge < -0.3 is 9.84 Å². The normalized spacial score (nSPS) is 15.4. The largest absolute Gasteiger partial charge is 0.488 e. The van der Waals surface area contributed by atoms with Crippen LogP contribution in [0.1, 0.15) is 34.0 Å². The Hall–Kier alpha value is -3.87. The van der Waals surface area contributed by atoms with Gasteiger partial charge in [-0.15, -0.1) is 0 Å². The number of halogens is 1. The second kappa shape index (κ2) is 11.2. The van der Waals surface area contributed by atoms with Crippen LogP contribution in [0.2, 0.25) is 0 Å². The molecule has 0 aliphatic carbocycles. The van der Waals surface area contributed by atoms with Crippen LogP contribution in [0, 0.1) is 11.3 Å². The highest BCUT2D eigenvalue weighted by Gasteiger charge is 2.32. The molecule has 1 amide bonds. The molecule has 0 spiro atoms. The van der Waals surface area contributed by atoms with Crippen molar-refractivity contribution in [2.45, 2.75) is 13.5 Å². The molecule has 1 N–H and O–H groups in total. The van der Waals surface area contributed by atoms with Crippen molar-refractivity contribution in [3.05, 3.63) is 98.4 Å². The molecule has 3 aromatic carbocycles. The molecule has 1 aliphatic heterocycles. The van der Waals surface area contributed by atoms with E-state index in [0.717, 1.165) is 10.0 Å². The lowest BCUT2D eigenvalue weighted by Crippen LogP contribution is -2.28. The van der Waals surface area contributed by atoms with E-state index < -0.39 is 5.97 Å². The van der Waals surface area contributed by atoms with Crippen molar-refractivity contribution < 1.29 is 19.4 Å². The average molecular weight is 562 g/mol. The van der Waals surface area contributed by atoms with Crippen LogP contribution in [0.4, 0.5) is 5.69 Å². The van der Waals surface area contributed by atoms with E-state index in [1.54, 1.807) is 41.3 Å². The summed E-state index contributed by atoms with van der Waals surface area (Å²) in [7, 11) is 0. The fourth-order valence-corrected chi connectivity index (χ4v) is 4.94. The number of hydrogen-bond acceptors (Lipinski definition) is 6. The summed E-state index contributed by atoms with van der Waals surface area (Å²) in [6, 6.07) is 21.2. The molecule has 0 atom stereocenters. The molecule has 180 valence electrons. The van der Waals surface area contributed by atoms with E-state index in [-0.39, 0.29) is 18.1 Å². The van der Waals surface area contributed by atoms with Gasteiger partial charge in [-0.3, -0.25) is 9.69 Å².